The summed E-state index contributed by atoms with van der Waals surface area (Å²) >= 11 is 0. The van der Waals surface area contributed by atoms with Crippen molar-refractivity contribution in [2.24, 2.45) is 16.8 Å². The molecule has 2 aromatic rings. The molecule has 2 rings (SSSR count). The predicted octanol–water partition coefficient (Wildman–Crippen LogP) is 1.56. The Bertz CT molecular complexity index is 667. The summed E-state index contributed by atoms with van der Waals surface area (Å²) in [6.07, 6.45) is 0. The van der Waals surface area contributed by atoms with Gasteiger partial charge in [0.1, 0.15) is 5.75 Å². The van der Waals surface area contributed by atoms with Crippen LogP contribution in [0.3, 0.4) is 0 Å². The number of hydrazine groups is 1. The summed E-state index contributed by atoms with van der Waals surface area (Å²) in [5, 5.41) is 16.4. The Morgan fingerprint density at radius 2 is 1.86 bits per heavy atom. The molecule has 2 aromatic carbocycles. The molecular formula is C15H17N5O. The molecule has 6 heteroatoms. The largest absolute Gasteiger partial charge is 0.508 e. The zero-order chi connectivity index (χ0) is 15.2. The highest BCUT2D eigenvalue weighted by atomic mass is 16.3. The molecule has 0 aromatic heterocycles. The second-order valence-corrected chi connectivity index (χ2v) is 4.32. The fourth-order valence-corrected chi connectivity index (χ4v) is 1.90. The van der Waals surface area contributed by atoms with Crippen LogP contribution in [0.15, 0.2) is 60.2 Å². The van der Waals surface area contributed by atoms with E-state index in [1.54, 1.807) is 12.1 Å². The van der Waals surface area contributed by atoms with Gasteiger partial charge >= 0.3 is 0 Å². The van der Waals surface area contributed by atoms with Crippen molar-refractivity contribution in [3.63, 3.8) is 0 Å². The van der Waals surface area contributed by atoms with E-state index in [-0.39, 0.29) is 5.75 Å². The molecule has 0 atom stereocenters. The number of phenolic OH excluding ortho intramolecular Hbond substituents is 1. The molecule has 0 bridgehead atoms. The minimum atomic E-state index is 0.107. The van der Waals surface area contributed by atoms with Gasteiger partial charge in [0.05, 0.1) is 5.69 Å². The smallest absolute Gasteiger partial charge is 0.168 e. The van der Waals surface area contributed by atoms with E-state index in [0.29, 0.717) is 22.8 Å². The molecule has 0 aliphatic carbocycles. The van der Waals surface area contributed by atoms with E-state index in [4.69, 9.17) is 11.7 Å². The van der Waals surface area contributed by atoms with Gasteiger partial charge in [-0.2, -0.15) is 5.10 Å². The van der Waals surface area contributed by atoms with E-state index in [9.17, 15) is 5.11 Å². The maximum Gasteiger partial charge on any atom is 0.168 e. The second kappa shape index (κ2) is 6.44. The van der Waals surface area contributed by atoms with Crippen LogP contribution >= 0.6 is 0 Å². The van der Waals surface area contributed by atoms with Crippen LogP contribution in [0.5, 0.6) is 5.75 Å². The van der Waals surface area contributed by atoms with Crippen LogP contribution in [0.4, 0.5) is 5.69 Å². The number of phenols is 1. The van der Waals surface area contributed by atoms with Crippen molar-refractivity contribution in [1.82, 2.24) is 5.43 Å². The molecule has 0 unspecified atom stereocenters. The highest BCUT2D eigenvalue weighted by molar-refractivity contribution is 6.04. The van der Waals surface area contributed by atoms with Crippen molar-refractivity contribution in [1.29, 1.82) is 0 Å². The van der Waals surface area contributed by atoms with Gasteiger partial charge in [-0.1, -0.05) is 36.9 Å². The monoisotopic (exact) mass is 283 g/mol. The lowest BCUT2D eigenvalue weighted by molar-refractivity contribution is 0.475. The lowest BCUT2D eigenvalue weighted by Crippen LogP contribution is -2.32. The van der Waals surface area contributed by atoms with E-state index in [2.05, 4.69) is 22.4 Å². The van der Waals surface area contributed by atoms with Gasteiger partial charge in [0, 0.05) is 17.3 Å². The SMILES string of the molecule is C=C(Nc1cc(O)ccc1/C(=N/N)NN)c1ccccc1. The topological polar surface area (TPSA) is 109 Å². The molecule has 0 heterocycles. The Hall–Kier alpha value is -2.99. The fraction of sp³-hybridized carbons (Fsp3) is 0. The van der Waals surface area contributed by atoms with E-state index >= 15 is 0 Å². The van der Waals surface area contributed by atoms with Crippen molar-refractivity contribution in [2.75, 3.05) is 5.32 Å². The van der Waals surface area contributed by atoms with Crippen LogP contribution in [-0.4, -0.2) is 10.9 Å². The van der Waals surface area contributed by atoms with Gasteiger partial charge in [0.25, 0.3) is 0 Å². The lowest BCUT2D eigenvalue weighted by Gasteiger charge is -2.15. The number of rotatable bonds is 4. The Kier molecular flexibility index (Phi) is 4.43. The average Bonchev–Trinajstić information content (AvgIpc) is 2.51. The zero-order valence-electron chi connectivity index (χ0n) is 11.4. The van der Waals surface area contributed by atoms with Gasteiger partial charge < -0.3 is 21.7 Å². The van der Waals surface area contributed by atoms with Crippen molar-refractivity contribution >= 4 is 17.2 Å². The summed E-state index contributed by atoms with van der Waals surface area (Å²) in [6.45, 7) is 3.99. The molecule has 0 fully saturated rings. The normalized spacial score (nSPS) is 11.0. The van der Waals surface area contributed by atoms with Crippen LogP contribution in [0.25, 0.3) is 5.70 Å². The summed E-state index contributed by atoms with van der Waals surface area (Å²) in [7, 11) is 0. The molecule has 6 nitrogen and oxygen atoms in total. The van der Waals surface area contributed by atoms with Gasteiger partial charge in [-0.3, -0.25) is 0 Å². The number of benzene rings is 2. The molecule has 108 valence electrons. The number of nitrogens with zero attached hydrogens (tertiary/aromatic N) is 1. The van der Waals surface area contributed by atoms with E-state index in [1.807, 2.05) is 30.3 Å². The molecule has 0 aliphatic rings. The van der Waals surface area contributed by atoms with Crippen molar-refractivity contribution < 1.29 is 5.11 Å². The molecule has 7 N–H and O–H groups in total. The van der Waals surface area contributed by atoms with Crippen LogP contribution in [-0.2, 0) is 0 Å². The third-order valence-corrected chi connectivity index (χ3v) is 2.93. The first kappa shape index (κ1) is 14.4. The third kappa shape index (κ3) is 3.31. The van der Waals surface area contributed by atoms with E-state index in [1.165, 1.54) is 6.07 Å². The molecule has 0 saturated heterocycles. The van der Waals surface area contributed by atoms with Gasteiger partial charge in [-0.15, -0.1) is 0 Å². The summed E-state index contributed by atoms with van der Waals surface area (Å²) in [6, 6.07) is 14.3. The predicted molar refractivity (Wildman–Crippen MR) is 85.3 cm³/mol. The Balaban J connectivity index is 2.35. The first-order valence-corrected chi connectivity index (χ1v) is 6.25. The van der Waals surface area contributed by atoms with Crippen molar-refractivity contribution in [3.05, 3.63) is 66.2 Å². The fourth-order valence-electron chi connectivity index (χ4n) is 1.90. The van der Waals surface area contributed by atoms with Crippen molar-refractivity contribution in [2.45, 2.75) is 0 Å². The number of hydrazone groups is 1. The molecular weight excluding hydrogens is 266 g/mol. The lowest BCUT2D eigenvalue weighted by atomic mass is 10.1. The minimum absolute atomic E-state index is 0.107. The summed E-state index contributed by atoms with van der Waals surface area (Å²) in [5.41, 5.74) is 5.23. The number of hydrogen-bond donors (Lipinski definition) is 5. The highest BCUT2D eigenvalue weighted by Crippen LogP contribution is 2.25. The third-order valence-electron chi connectivity index (χ3n) is 2.93. The van der Waals surface area contributed by atoms with Crippen LogP contribution in [0.1, 0.15) is 11.1 Å². The second-order valence-electron chi connectivity index (χ2n) is 4.32. The first-order valence-electron chi connectivity index (χ1n) is 6.25. The van der Waals surface area contributed by atoms with Crippen LogP contribution < -0.4 is 22.4 Å². The van der Waals surface area contributed by atoms with E-state index in [0.717, 1.165) is 5.56 Å². The van der Waals surface area contributed by atoms with Gasteiger partial charge in [-0.05, 0) is 17.7 Å². The zero-order valence-corrected chi connectivity index (χ0v) is 11.4. The van der Waals surface area contributed by atoms with Gasteiger partial charge in [0.15, 0.2) is 5.84 Å². The Morgan fingerprint density at radius 3 is 2.48 bits per heavy atom. The average molecular weight is 283 g/mol. The number of aromatic hydroxyl groups is 1. The molecule has 0 spiro atoms. The number of hydrogen-bond acceptors (Lipinski definition) is 5. The maximum atomic E-state index is 9.66. The number of amidine groups is 1. The number of nitrogens with one attached hydrogen (secondary N) is 2. The Labute approximate surface area is 122 Å². The molecule has 0 radical (unpaired) electrons. The minimum Gasteiger partial charge on any atom is -0.508 e. The standard InChI is InChI=1S/C15H17N5O/c1-10(11-5-3-2-4-6-11)18-14-9-12(21)7-8-13(14)15(19-16)20-17/h2-9,18,21H,1,16-17H2,(H,19,20). The van der Waals surface area contributed by atoms with E-state index < -0.39 is 0 Å². The molecule has 0 saturated carbocycles. The number of anilines is 1. The van der Waals surface area contributed by atoms with Crippen LogP contribution in [0.2, 0.25) is 0 Å². The molecule has 0 aliphatic heterocycles. The maximum absolute atomic E-state index is 9.66. The highest BCUT2D eigenvalue weighted by Gasteiger charge is 2.11. The summed E-state index contributed by atoms with van der Waals surface area (Å²) < 4.78 is 0. The van der Waals surface area contributed by atoms with Gasteiger partial charge in [-0.25, -0.2) is 5.84 Å². The number of nitrogens with two attached hydrogens (primary N) is 2. The summed E-state index contributed by atoms with van der Waals surface area (Å²) in [4.78, 5) is 0. The first-order chi connectivity index (χ1) is 10.2. The molecule has 0 amide bonds. The van der Waals surface area contributed by atoms with Gasteiger partial charge in [0.2, 0.25) is 0 Å². The summed E-state index contributed by atoms with van der Waals surface area (Å²) in [5.74, 6) is 11.1. The Morgan fingerprint density at radius 1 is 1.14 bits per heavy atom. The van der Waals surface area contributed by atoms with Crippen molar-refractivity contribution in [3.8, 4) is 5.75 Å². The quantitative estimate of drug-likeness (QED) is 0.253. The molecule has 21 heavy (non-hydrogen) atoms. The van der Waals surface area contributed by atoms with Crippen LogP contribution in [0, 0.1) is 0 Å².